The zero-order valence-electron chi connectivity index (χ0n) is 19.1. The molecule has 2 saturated heterocycles. The van der Waals surface area contributed by atoms with Crippen LogP contribution in [0.15, 0.2) is 0 Å². The van der Waals surface area contributed by atoms with Gasteiger partial charge in [0.15, 0.2) is 0 Å². The van der Waals surface area contributed by atoms with Crippen LogP contribution in [0.1, 0.15) is 52.9 Å². The Labute approximate surface area is 190 Å². The third-order valence-corrected chi connectivity index (χ3v) is 7.36. The van der Waals surface area contributed by atoms with Gasteiger partial charge in [-0.3, -0.25) is 9.69 Å². The second-order valence-corrected chi connectivity index (χ2v) is 10.1. The molecule has 8 atom stereocenters. The summed E-state index contributed by atoms with van der Waals surface area (Å²) in [6.45, 7) is 6.95. The van der Waals surface area contributed by atoms with Gasteiger partial charge in [-0.1, -0.05) is 40.0 Å². The van der Waals surface area contributed by atoms with Crippen molar-refractivity contribution in [3.05, 3.63) is 0 Å². The van der Waals surface area contributed by atoms with Gasteiger partial charge >= 0.3 is 0 Å². The van der Waals surface area contributed by atoms with E-state index in [1.807, 2.05) is 18.7 Å². The number of aliphatic hydroxyl groups is 3. The molecule has 1 amide bonds. The first-order valence-electron chi connectivity index (χ1n) is 11.4. The standard InChI is InChI=1S/C22H39N3O5S/c1-5-6-7-8-14-11-15(25(12-14)10-9-23)21(29)24-16(13(2)3)20-18(27)17(26)19(28)22(30-20)31-4/h13-20,22,26-28H,5-8,10-12H2,1-4H3,(H,24,29). The molecule has 0 aromatic rings. The lowest BCUT2D eigenvalue weighted by molar-refractivity contribution is -0.208. The molecule has 4 N–H and O–H groups in total. The average Bonchev–Trinajstić information content (AvgIpc) is 3.14. The number of rotatable bonds is 10. The molecule has 0 radical (unpaired) electrons. The van der Waals surface area contributed by atoms with Crippen LogP contribution in [0.4, 0.5) is 0 Å². The van der Waals surface area contributed by atoms with E-state index >= 15 is 0 Å². The molecule has 0 aliphatic carbocycles. The second kappa shape index (κ2) is 12.4. The Morgan fingerprint density at radius 2 is 1.97 bits per heavy atom. The van der Waals surface area contributed by atoms with Crippen LogP contribution >= 0.6 is 11.8 Å². The maximum Gasteiger partial charge on any atom is 0.237 e. The first-order valence-corrected chi connectivity index (χ1v) is 12.7. The highest BCUT2D eigenvalue weighted by atomic mass is 32.2. The molecule has 8 unspecified atom stereocenters. The van der Waals surface area contributed by atoms with Crippen LogP contribution in [-0.2, 0) is 9.53 Å². The van der Waals surface area contributed by atoms with E-state index in [0.29, 0.717) is 12.3 Å². The van der Waals surface area contributed by atoms with Crippen molar-refractivity contribution >= 4 is 17.7 Å². The number of amides is 1. The smallest absolute Gasteiger partial charge is 0.237 e. The summed E-state index contributed by atoms with van der Waals surface area (Å²) in [4.78, 5) is 15.2. The van der Waals surface area contributed by atoms with E-state index in [1.54, 1.807) is 6.26 Å². The number of thioether (sulfide) groups is 1. The molecule has 31 heavy (non-hydrogen) atoms. The Morgan fingerprint density at radius 3 is 2.55 bits per heavy atom. The normalized spacial score (nSPS) is 35.1. The van der Waals surface area contributed by atoms with Gasteiger partial charge in [0, 0.05) is 6.54 Å². The van der Waals surface area contributed by atoms with Gasteiger partial charge in [-0.05, 0) is 30.9 Å². The number of hydrogen-bond acceptors (Lipinski definition) is 8. The fourth-order valence-corrected chi connectivity index (χ4v) is 5.36. The van der Waals surface area contributed by atoms with Crippen LogP contribution in [0.5, 0.6) is 0 Å². The van der Waals surface area contributed by atoms with Crippen molar-refractivity contribution in [3.63, 3.8) is 0 Å². The average molecular weight is 458 g/mol. The molecule has 2 rings (SSSR count). The number of ether oxygens (including phenoxy) is 1. The number of aliphatic hydroxyl groups excluding tert-OH is 3. The molecule has 8 nitrogen and oxygen atoms in total. The number of nitrogens with zero attached hydrogens (tertiary/aromatic N) is 2. The highest BCUT2D eigenvalue weighted by molar-refractivity contribution is 7.99. The van der Waals surface area contributed by atoms with Crippen molar-refractivity contribution in [1.82, 2.24) is 10.2 Å². The Hall–Kier alpha value is -0.890. The van der Waals surface area contributed by atoms with Gasteiger partial charge < -0.3 is 25.4 Å². The van der Waals surface area contributed by atoms with E-state index in [9.17, 15) is 25.4 Å². The lowest BCUT2D eigenvalue weighted by Gasteiger charge is -2.44. The Bertz CT molecular complexity index is 614. The monoisotopic (exact) mass is 457 g/mol. The SMILES string of the molecule is CCCCCC1CC(C(=O)NC(C(C)C)C2OC(SC)C(O)C(O)C2O)N(CC#N)C1. The van der Waals surface area contributed by atoms with Crippen LogP contribution in [0.2, 0.25) is 0 Å². The first kappa shape index (κ1) is 26.4. The quantitative estimate of drug-likeness (QED) is 0.284. The van der Waals surface area contributed by atoms with Crippen molar-refractivity contribution in [2.24, 2.45) is 11.8 Å². The highest BCUT2D eigenvalue weighted by Gasteiger charge is 2.48. The lowest BCUT2D eigenvalue weighted by atomic mass is 9.88. The predicted molar refractivity (Wildman–Crippen MR) is 120 cm³/mol. The minimum atomic E-state index is -1.35. The number of unbranched alkanes of at least 4 members (excludes halogenated alkanes) is 2. The van der Waals surface area contributed by atoms with Gasteiger partial charge in [0.25, 0.3) is 0 Å². The van der Waals surface area contributed by atoms with Gasteiger partial charge in [-0.25, -0.2) is 0 Å². The Balaban J connectivity index is 2.11. The van der Waals surface area contributed by atoms with E-state index in [2.05, 4.69) is 18.3 Å². The summed E-state index contributed by atoms with van der Waals surface area (Å²) >= 11 is 1.25. The molecule has 0 bridgehead atoms. The predicted octanol–water partition coefficient (Wildman–Crippen LogP) is 1.09. The molecular formula is C22H39N3O5S. The van der Waals surface area contributed by atoms with E-state index in [-0.39, 0.29) is 24.4 Å². The fraction of sp³-hybridized carbons (Fsp3) is 0.909. The molecule has 2 aliphatic rings. The number of carbonyl (C=O) groups is 1. The number of carbonyl (C=O) groups excluding carboxylic acids is 1. The summed E-state index contributed by atoms with van der Waals surface area (Å²) in [5, 5.41) is 43.2. The summed E-state index contributed by atoms with van der Waals surface area (Å²) in [5.74, 6) is 0.145. The Kier molecular flexibility index (Phi) is 10.5. The number of nitriles is 1. The van der Waals surface area contributed by atoms with Crippen molar-refractivity contribution in [1.29, 1.82) is 5.26 Å². The summed E-state index contributed by atoms with van der Waals surface area (Å²) in [6, 6.07) is 1.24. The molecular weight excluding hydrogens is 418 g/mol. The molecule has 178 valence electrons. The van der Waals surface area contributed by atoms with Gasteiger partial charge in [-0.2, -0.15) is 5.26 Å². The maximum atomic E-state index is 13.3. The maximum absolute atomic E-state index is 13.3. The zero-order valence-corrected chi connectivity index (χ0v) is 19.9. The van der Waals surface area contributed by atoms with Gasteiger partial charge in [0.1, 0.15) is 29.9 Å². The van der Waals surface area contributed by atoms with Crippen LogP contribution < -0.4 is 5.32 Å². The zero-order chi connectivity index (χ0) is 23.1. The summed E-state index contributed by atoms with van der Waals surface area (Å²) in [7, 11) is 0. The number of nitrogens with one attached hydrogen (secondary N) is 1. The van der Waals surface area contributed by atoms with Crippen LogP contribution in [0, 0.1) is 23.2 Å². The largest absolute Gasteiger partial charge is 0.388 e. The second-order valence-electron chi connectivity index (χ2n) is 9.16. The van der Waals surface area contributed by atoms with Gasteiger partial charge in [0.2, 0.25) is 5.91 Å². The topological polar surface area (TPSA) is 126 Å². The molecule has 2 fully saturated rings. The summed E-state index contributed by atoms with van der Waals surface area (Å²) in [5.41, 5.74) is -0.689. The number of likely N-dealkylation sites (tertiary alicyclic amines) is 1. The molecule has 2 aliphatic heterocycles. The molecule has 9 heteroatoms. The van der Waals surface area contributed by atoms with Crippen molar-refractivity contribution in [2.45, 2.75) is 94.8 Å². The van der Waals surface area contributed by atoms with E-state index in [0.717, 1.165) is 25.8 Å². The fourth-order valence-electron chi connectivity index (χ4n) is 4.68. The van der Waals surface area contributed by atoms with Crippen molar-refractivity contribution < 1.29 is 24.9 Å². The van der Waals surface area contributed by atoms with Crippen molar-refractivity contribution in [3.8, 4) is 6.07 Å². The van der Waals surface area contributed by atoms with Gasteiger partial charge in [-0.15, -0.1) is 11.8 Å². The van der Waals surface area contributed by atoms with Gasteiger partial charge in [0.05, 0.1) is 24.7 Å². The molecule has 2 heterocycles. The van der Waals surface area contributed by atoms with Crippen LogP contribution in [0.3, 0.4) is 0 Å². The van der Waals surface area contributed by atoms with E-state index in [4.69, 9.17) is 4.74 Å². The highest BCUT2D eigenvalue weighted by Crippen LogP contribution is 2.31. The minimum Gasteiger partial charge on any atom is -0.388 e. The van der Waals surface area contributed by atoms with E-state index < -0.39 is 35.9 Å². The van der Waals surface area contributed by atoms with Crippen LogP contribution in [-0.4, -0.2) is 87.4 Å². The van der Waals surface area contributed by atoms with Crippen LogP contribution in [0.25, 0.3) is 0 Å². The molecule has 0 aromatic heterocycles. The third-order valence-electron chi connectivity index (χ3n) is 6.50. The van der Waals surface area contributed by atoms with Crippen molar-refractivity contribution in [2.75, 3.05) is 19.3 Å². The summed E-state index contributed by atoms with van der Waals surface area (Å²) in [6.07, 6.45) is 2.27. The molecule has 0 saturated carbocycles. The third kappa shape index (κ3) is 6.56. The molecule has 0 aromatic carbocycles. The van der Waals surface area contributed by atoms with E-state index in [1.165, 1.54) is 18.2 Å². The first-order chi connectivity index (χ1) is 14.7. The summed E-state index contributed by atoms with van der Waals surface area (Å²) < 4.78 is 5.90. The minimum absolute atomic E-state index is 0.0697. The Morgan fingerprint density at radius 1 is 1.26 bits per heavy atom. The lowest BCUT2D eigenvalue weighted by Crippen LogP contribution is -2.64. The molecule has 0 spiro atoms. The number of hydrogen-bond donors (Lipinski definition) is 4.